The Morgan fingerprint density at radius 1 is 1.09 bits per heavy atom. The summed E-state index contributed by atoms with van der Waals surface area (Å²) in [5.41, 5.74) is 1.55. The quantitative estimate of drug-likeness (QED) is 0.618. The zero-order valence-corrected chi connectivity index (χ0v) is 18.2. The summed E-state index contributed by atoms with van der Waals surface area (Å²) in [5.74, 6) is -3.85. The fourth-order valence-corrected chi connectivity index (χ4v) is 3.51. The van der Waals surface area contributed by atoms with E-state index in [0.29, 0.717) is 19.0 Å². The lowest BCUT2D eigenvalue weighted by Gasteiger charge is -2.22. The number of aliphatic hydroxyl groups is 1. The summed E-state index contributed by atoms with van der Waals surface area (Å²) in [6.07, 6.45) is 0.430. The number of likely N-dealkylation sites (N-methyl/N-ethyl adjacent to an activating group) is 1. The summed E-state index contributed by atoms with van der Waals surface area (Å²) in [7, 11) is 1.64. The summed E-state index contributed by atoms with van der Waals surface area (Å²) >= 11 is 0. The van der Waals surface area contributed by atoms with Crippen LogP contribution in [0.3, 0.4) is 0 Å². The molecule has 0 fully saturated rings. The standard InChI is InChI=1S/C24H25F2N3O4/c1-14(27-23(32)21(30)17-10-18(25)13-19(26)11-17)22(31)28-20-12-16(8-9-29(2)24(20)33)15-6-4-3-5-7-15/h3-7,10-14,20-21,30H,8-9H2,1-2H3,(H,27,32)(H,28,31)/t14-,20-,21+/m0/s1. The molecule has 1 aliphatic rings. The summed E-state index contributed by atoms with van der Waals surface area (Å²) < 4.78 is 26.7. The van der Waals surface area contributed by atoms with Crippen molar-refractivity contribution in [2.24, 2.45) is 0 Å². The molecule has 9 heteroatoms. The third-order valence-electron chi connectivity index (χ3n) is 5.37. The van der Waals surface area contributed by atoms with Gasteiger partial charge in [0.15, 0.2) is 6.10 Å². The Labute approximate surface area is 190 Å². The lowest BCUT2D eigenvalue weighted by molar-refractivity contribution is -0.136. The Morgan fingerprint density at radius 3 is 2.36 bits per heavy atom. The lowest BCUT2D eigenvalue weighted by atomic mass is 10.0. The average molecular weight is 457 g/mol. The first-order valence-corrected chi connectivity index (χ1v) is 10.4. The Bertz CT molecular complexity index is 1050. The van der Waals surface area contributed by atoms with Gasteiger partial charge in [0.25, 0.3) is 5.91 Å². The van der Waals surface area contributed by atoms with Crippen LogP contribution in [0.5, 0.6) is 0 Å². The van der Waals surface area contributed by atoms with Crippen LogP contribution in [0.1, 0.15) is 30.6 Å². The van der Waals surface area contributed by atoms with E-state index in [1.165, 1.54) is 11.8 Å². The van der Waals surface area contributed by atoms with Crippen molar-refractivity contribution in [2.75, 3.05) is 13.6 Å². The average Bonchev–Trinajstić information content (AvgIpc) is 2.92. The number of nitrogens with zero attached hydrogens (tertiary/aromatic N) is 1. The molecule has 1 aliphatic heterocycles. The van der Waals surface area contributed by atoms with Gasteiger partial charge in [0.1, 0.15) is 23.7 Å². The van der Waals surface area contributed by atoms with Crippen LogP contribution in [-0.4, -0.2) is 53.4 Å². The first-order chi connectivity index (χ1) is 15.7. The lowest BCUT2D eigenvalue weighted by Crippen LogP contribution is -2.52. The molecule has 174 valence electrons. The molecule has 0 unspecified atom stereocenters. The van der Waals surface area contributed by atoms with Crippen LogP contribution in [0, 0.1) is 11.6 Å². The molecule has 0 saturated heterocycles. The van der Waals surface area contributed by atoms with E-state index >= 15 is 0 Å². The van der Waals surface area contributed by atoms with Crippen molar-refractivity contribution in [1.29, 1.82) is 0 Å². The van der Waals surface area contributed by atoms with E-state index in [1.54, 1.807) is 13.1 Å². The zero-order chi connectivity index (χ0) is 24.1. The number of rotatable bonds is 6. The molecule has 0 spiro atoms. The Balaban J connectivity index is 1.70. The molecular formula is C24H25F2N3O4. The highest BCUT2D eigenvalue weighted by Gasteiger charge is 2.29. The van der Waals surface area contributed by atoms with Gasteiger partial charge in [0.05, 0.1) is 0 Å². The van der Waals surface area contributed by atoms with Crippen molar-refractivity contribution in [3.8, 4) is 0 Å². The van der Waals surface area contributed by atoms with Gasteiger partial charge in [0, 0.05) is 19.7 Å². The van der Waals surface area contributed by atoms with Crippen LogP contribution in [0.4, 0.5) is 8.78 Å². The summed E-state index contributed by atoms with van der Waals surface area (Å²) in [6.45, 7) is 1.85. The fourth-order valence-electron chi connectivity index (χ4n) is 3.51. The van der Waals surface area contributed by atoms with E-state index in [0.717, 1.165) is 23.3 Å². The molecule has 0 bridgehead atoms. The largest absolute Gasteiger partial charge is 0.378 e. The molecule has 33 heavy (non-hydrogen) atoms. The van der Waals surface area contributed by atoms with Crippen molar-refractivity contribution in [3.05, 3.63) is 77.4 Å². The third kappa shape index (κ3) is 6.01. The predicted molar refractivity (Wildman–Crippen MR) is 118 cm³/mol. The van der Waals surface area contributed by atoms with E-state index in [1.807, 2.05) is 30.3 Å². The van der Waals surface area contributed by atoms with Gasteiger partial charge in [-0.15, -0.1) is 0 Å². The third-order valence-corrected chi connectivity index (χ3v) is 5.37. The van der Waals surface area contributed by atoms with Gasteiger partial charge in [-0.2, -0.15) is 0 Å². The van der Waals surface area contributed by atoms with Crippen LogP contribution in [0.25, 0.3) is 5.57 Å². The fraction of sp³-hybridized carbons (Fsp3) is 0.292. The molecule has 2 aromatic rings. The molecule has 3 N–H and O–H groups in total. The molecule has 3 amide bonds. The molecule has 3 rings (SSSR count). The molecule has 0 aromatic heterocycles. The number of carbonyl (C=O) groups is 3. The molecule has 0 saturated carbocycles. The zero-order valence-electron chi connectivity index (χ0n) is 18.2. The Kier molecular flexibility index (Phi) is 7.55. The van der Waals surface area contributed by atoms with Gasteiger partial charge in [-0.05, 0) is 48.3 Å². The first-order valence-electron chi connectivity index (χ1n) is 10.4. The Hall–Kier alpha value is -3.59. The van der Waals surface area contributed by atoms with Crippen molar-refractivity contribution in [2.45, 2.75) is 31.5 Å². The minimum absolute atomic E-state index is 0.284. The molecular weight excluding hydrogens is 432 g/mol. The van der Waals surface area contributed by atoms with Crippen LogP contribution < -0.4 is 10.6 Å². The summed E-state index contributed by atoms with van der Waals surface area (Å²) in [4.78, 5) is 39.2. The van der Waals surface area contributed by atoms with Crippen molar-refractivity contribution < 1.29 is 28.3 Å². The predicted octanol–water partition coefficient (Wildman–Crippen LogP) is 1.93. The van der Waals surface area contributed by atoms with E-state index in [2.05, 4.69) is 10.6 Å². The Morgan fingerprint density at radius 2 is 1.73 bits per heavy atom. The van der Waals surface area contributed by atoms with E-state index in [-0.39, 0.29) is 11.5 Å². The highest BCUT2D eigenvalue weighted by atomic mass is 19.1. The SMILES string of the molecule is C[C@H](NC(=O)[C@H](O)c1cc(F)cc(F)c1)C(=O)N[C@H]1C=C(c2ccccc2)CCN(C)C1=O. The number of hydrogen-bond donors (Lipinski definition) is 3. The van der Waals surface area contributed by atoms with E-state index in [4.69, 9.17) is 0 Å². The number of carbonyl (C=O) groups excluding carboxylic acids is 3. The summed E-state index contributed by atoms with van der Waals surface area (Å²) in [5, 5.41) is 15.0. The van der Waals surface area contributed by atoms with Crippen LogP contribution in [-0.2, 0) is 14.4 Å². The number of nitrogens with one attached hydrogen (secondary N) is 2. The van der Waals surface area contributed by atoms with Gasteiger partial charge in [-0.1, -0.05) is 30.3 Å². The van der Waals surface area contributed by atoms with E-state index < -0.39 is 41.6 Å². The molecule has 0 radical (unpaired) electrons. The number of amides is 3. The summed E-state index contributed by atoms with van der Waals surface area (Å²) in [6, 6.07) is 9.68. The first kappa shape index (κ1) is 24.1. The van der Waals surface area contributed by atoms with Gasteiger partial charge >= 0.3 is 0 Å². The molecule has 1 heterocycles. The van der Waals surface area contributed by atoms with Gasteiger partial charge in [-0.25, -0.2) is 8.78 Å². The minimum Gasteiger partial charge on any atom is -0.378 e. The van der Waals surface area contributed by atoms with Gasteiger partial charge in [0.2, 0.25) is 11.8 Å². The second-order valence-corrected chi connectivity index (χ2v) is 7.89. The number of halogens is 2. The van der Waals surface area contributed by atoms with Crippen LogP contribution >= 0.6 is 0 Å². The highest BCUT2D eigenvalue weighted by molar-refractivity contribution is 5.95. The number of aliphatic hydroxyl groups excluding tert-OH is 1. The smallest absolute Gasteiger partial charge is 0.254 e. The van der Waals surface area contributed by atoms with E-state index in [9.17, 15) is 28.3 Å². The maximum Gasteiger partial charge on any atom is 0.254 e. The highest BCUT2D eigenvalue weighted by Crippen LogP contribution is 2.22. The molecule has 7 nitrogen and oxygen atoms in total. The molecule has 2 aromatic carbocycles. The molecule has 0 aliphatic carbocycles. The number of benzene rings is 2. The van der Waals surface area contributed by atoms with Crippen molar-refractivity contribution in [1.82, 2.24) is 15.5 Å². The van der Waals surface area contributed by atoms with Crippen LogP contribution in [0.15, 0.2) is 54.6 Å². The van der Waals surface area contributed by atoms with Crippen molar-refractivity contribution in [3.63, 3.8) is 0 Å². The second-order valence-electron chi connectivity index (χ2n) is 7.89. The number of hydrogen-bond acceptors (Lipinski definition) is 4. The topological polar surface area (TPSA) is 98.7 Å². The minimum atomic E-state index is -1.87. The van der Waals surface area contributed by atoms with Gasteiger partial charge in [-0.3, -0.25) is 14.4 Å². The van der Waals surface area contributed by atoms with Crippen molar-refractivity contribution >= 4 is 23.3 Å². The van der Waals surface area contributed by atoms with Gasteiger partial charge < -0.3 is 20.6 Å². The van der Waals surface area contributed by atoms with Crippen LogP contribution in [0.2, 0.25) is 0 Å². The maximum absolute atomic E-state index is 13.4. The second kappa shape index (κ2) is 10.4. The maximum atomic E-state index is 13.4. The monoisotopic (exact) mass is 457 g/mol. The normalized spacial score (nSPS) is 18.1. The molecule has 3 atom stereocenters.